The Hall–Kier alpha value is -1.51. The Kier molecular flexibility index (Phi) is 11.9. The maximum atomic E-state index is 10.1. The molecule has 0 bridgehead atoms. The van der Waals surface area contributed by atoms with Crippen LogP contribution in [0.5, 0.6) is 5.75 Å². The number of phenolic OH excluding ortho intramolecular Hbond substituents is 1. The number of phenols is 1. The minimum Gasteiger partial charge on any atom is -0.508 e. The first kappa shape index (κ1) is 17.5. The summed E-state index contributed by atoms with van der Waals surface area (Å²) in [5.74, 6) is -0.342. The summed E-state index contributed by atoms with van der Waals surface area (Å²) < 4.78 is 0. The molecule has 0 unspecified atom stereocenters. The molecule has 0 aromatic heterocycles. The van der Waals surface area contributed by atoms with Crippen molar-refractivity contribution in [3.63, 3.8) is 0 Å². The van der Waals surface area contributed by atoms with Gasteiger partial charge in [0, 0.05) is 6.42 Å². The molecule has 0 atom stereocenters. The second-order valence-electron chi connectivity index (χ2n) is 4.60. The third-order valence-electron chi connectivity index (χ3n) is 2.75. The van der Waals surface area contributed by atoms with E-state index >= 15 is 0 Å². The van der Waals surface area contributed by atoms with Crippen LogP contribution in [0.4, 0.5) is 0 Å². The molecule has 1 aromatic rings. The Labute approximate surface area is 116 Å². The number of aromatic hydroxyl groups is 1. The molecule has 0 radical (unpaired) electrons. The van der Waals surface area contributed by atoms with E-state index in [4.69, 9.17) is 10.2 Å². The number of para-hydroxylation sites is 1. The van der Waals surface area contributed by atoms with Crippen molar-refractivity contribution in [1.29, 1.82) is 0 Å². The van der Waals surface area contributed by atoms with Gasteiger partial charge in [-0.3, -0.25) is 4.79 Å². The number of hydrogen-bond acceptors (Lipinski definition) is 2. The molecule has 0 spiro atoms. The Morgan fingerprint density at radius 1 is 0.947 bits per heavy atom. The zero-order valence-corrected chi connectivity index (χ0v) is 11.8. The van der Waals surface area contributed by atoms with Crippen LogP contribution in [-0.4, -0.2) is 16.2 Å². The van der Waals surface area contributed by atoms with Gasteiger partial charge < -0.3 is 10.2 Å². The van der Waals surface area contributed by atoms with E-state index in [0.717, 1.165) is 12.8 Å². The molecule has 19 heavy (non-hydrogen) atoms. The lowest BCUT2D eigenvalue weighted by Gasteiger charge is -1.98. The molecule has 0 amide bonds. The predicted octanol–water partition coefficient (Wildman–Crippen LogP) is 4.60. The lowest BCUT2D eigenvalue weighted by molar-refractivity contribution is -0.137. The highest BCUT2D eigenvalue weighted by Gasteiger charge is 1.95. The lowest BCUT2D eigenvalue weighted by atomic mass is 10.1. The Morgan fingerprint density at radius 2 is 1.47 bits per heavy atom. The van der Waals surface area contributed by atoms with Crippen molar-refractivity contribution in [1.82, 2.24) is 0 Å². The van der Waals surface area contributed by atoms with Gasteiger partial charge in [-0.05, 0) is 18.6 Å². The molecule has 2 N–H and O–H groups in total. The van der Waals surface area contributed by atoms with E-state index in [1.165, 1.54) is 32.1 Å². The molecule has 0 aliphatic rings. The van der Waals surface area contributed by atoms with E-state index in [2.05, 4.69) is 6.92 Å². The SMILES string of the molecule is CCCCCCCCCC(=O)O.Oc1ccccc1. The van der Waals surface area contributed by atoms with Gasteiger partial charge in [0.2, 0.25) is 0 Å². The van der Waals surface area contributed by atoms with Crippen molar-refractivity contribution in [3.8, 4) is 5.75 Å². The van der Waals surface area contributed by atoms with Gasteiger partial charge in [0.05, 0.1) is 0 Å². The number of hydrogen-bond donors (Lipinski definition) is 2. The van der Waals surface area contributed by atoms with Crippen LogP contribution in [-0.2, 0) is 4.79 Å². The number of benzene rings is 1. The lowest BCUT2D eigenvalue weighted by Crippen LogP contribution is -1.93. The van der Waals surface area contributed by atoms with Crippen LogP contribution in [0.3, 0.4) is 0 Å². The molecule has 0 aliphatic carbocycles. The van der Waals surface area contributed by atoms with E-state index in [-0.39, 0.29) is 0 Å². The largest absolute Gasteiger partial charge is 0.508 e. The maximum absolute atomic E-state index is 10.1. The number of carbonyl (C=O) groups is 1. The average Bonchev–Trinajstić information content (AvgIpc) is 2.39. The normalized spacial score (nSPS) is 9.53. The summed E-state index contributed by atoms with van der Waals surface area (Å²) in [6.45, 7) is 2.20. The quantitative estimate of drug-likeness (QED) is 0.676. The highest BCUT2D eigenvalue weighted by molar-refractivity contribution is 5.66. The molecular weight excluding hydrogens is 240 g/mol. The highest BCUT2D eigenvalue weighted by Crippen LogP contribution is 2.07. The fourth-order valence-electron chi connectivity index (χ4n) is 1.66. The van der Waals surface area contributed by atoms with Gasteiger partial charge in [0.1, 0.15) is 5.75 Å². The molecule has 1 aromatic carbocycles. The second kappa shape index (κ2) is 12.9. The summed E-state index contributed by atoms with van der Waals surface area (Å²) in [6.07, 6.45) is 8.64. The summed E-state index contributed by atoms with van der Waals surface area (Å²) in [5.41, 5.74) is 0. The van der Waals surface area contributed by atoms with Crippen molar-refractivity contribution < 1.29 is 15.0 Å². The van der Waals surface area contributed by atoms with E-state index in [1.807, 2.05) is 6.07 Å². The topological polar surface area (TPSA) is 57.5 Å². The monoisotopic (exact) mass is 266 g/mol. The van der Waals surface area contributed by atoms with E-state index < -0.39 is 5.97 Å². The van der Waals surface area contributed by atoms with Crippen molar-refractivity contribution >= 4 is 5.97 Å². The van der Waals surface area contributed by atoms with Gasteiger partial charge in [-0.25, -0.2) is 0 Å². The maximum Gasteiger partial charge on any atom is 0.303 e. The van der Waals surface area contributed by atoms with E-state index in [1.54, 1.807) is 24.3 Å². The third kappa shape index (κ3) is 14.4. The van der Waals surface area contributed by atoms with Crippen LogP contribution in [0.2, 0.25) is 0 Å². The first-order valence-electron chi connectivity index (χ1n) is 7.12. The van der Waals surface area contributed by atoms with Gasteiger partial charge in [0.15, 0.2) is 0 Å². The molecule has 0 saturated carbocycles. The molecule has 108 valence electrons. The first-order chi connectivity index (χ1) is 9.16. The molecular formula is C16H26O3. The smallest absolute Gasteiger partial charge is 0.303 e. The van der Waals surface area contributed by atoms with Gasteiger partial charge in [-0.1, -0.05) is 63.6 Å². The Morgan fingerprint density at radius 3 is 1.89 bits per heavy atom. The third-order valence-corrected chi connectivity index (χ3v) is 2.75. The van der Waals surface area contributed by atoms with Gasteiger partial charge >= 0.3 is 5.97 Å². The fraction of sp³-hybridized carbons (Fsp3) is 0.562. The van der Waals surface area contributed by atoms with Crippen LogP contribution < -0.4 is 0 Å². The van der Waals surface area contributed by atoms with Gasteiger partial charge in [-0.15, -0.1) is 0 Å². The summed E-state index contributed by atoms with van der Waals surface area (Å²) >= 11 is 0. The summed E-state index contributed by atoms with van der Waals surface area (Å²) in [4.78, 5) is 10.1. The highest BCUT2D eigenvalue weighted by atomic mass is 16.4. The van der Waals surface area contributed by atoms with Crippen molar-refractivity contribution in [2.24, 2.45) is 0 Å². The molecule has 0 saturated heterocycles. The van der Waals surface area contributed by atoms with Crippen LogP contribution in [0.15, 0.2) is 30.3 Å². The minimum absolute atomic E-state index is 0.322. The molecule has 3 nitrogen and oxygen atoms in total. The molecule has 0 heterocycles. The summed E-state index contributed by atoms with van der Waals surface area (Å²) in [5, 5.41) is 17.0. The van der Waals surface area contributed by atoms with Crippen LogP contribution in [0.25, 0.3) is 0 Å². The van der Waals surface area contributed by atoms with Crippen molar-refractivity contribution in [2.45, 2.75) is 58.3 Å². The Bertz CT molecular complexity index is 309. The number of aliphatic carboxylic acids is 1. The van der Waals surface area contributed by atoms with Crippen LogP contribution >= 0.6 is 0 Å². The number of carboxylic acid groups (broad SMARTS) is 1. The molecule has 0 fully saturated rings. The van der Waals surface area contributed by atoms with Gasteiger partial charge in [0.25, 0.3) is 0 Å². The summed E-state index contributed by atoms with van der Waals surface area (Å²) in [6, 6.07) is 8.71. The predicted molar refractivity (Wildman–Crippen MR) is 78.4 cm³/mol. The number of unbranched alkanes of at least 4 members (excludes halogenated alkanes) is 6. The molecule has 3 heteroatoms. The Balaban J connectivity index is 0.000000388. The fourth-order valence-corrected chi connectivity index (χ4v) is 1.66. The number of carboxylic acids is 1. The molecule has 1 rings (SSSR count). The van der Waals surface area contributed by atoms with Crippen molar-refractivity contribution in [2.75, 3.05) is 0 Å². The average molecular weight is 266 g/mol. The van der Waals surface area contributed by atoms with E-state index in [0.29, 0.717) is 12.2 Å². The molecule has 0 aliphatic heterocycles. The first-order valence-corrected chi connectivity index (χ1v) is 7.12. The second-order valence-corrected chi connectivity index (χ2v) is 4.60. The minimum atomic E-state index is -0.663. The summed E-state index contributed by atoms with van der Waals surface area (Å²) in [7, 11) is 0. The zero-order valence-electron chi connectivity index (χ0n) is 11.8. The zero-order chi connectivity index (χ0) is 14.3. The standard InChI is InChI=1S/C10H20O2.C6H6O/c1-2-3-4-5-6-7-8-9-10(11)12;7-6-4-2-1-3-5-6/h2-9H2,1H3,(H,11,12);1-5,7H. The van der Waals surface area contributed by atoms with Crippen LogP contribution in [0.1, 0.15) is 58.3 Å². The number of rotatable bonds is 8. The van der Waals surface area contributed by atoms with Crippen molar-refractivity contribution in [3.05, 3.63) is 30.3 Å². The van der Waals surface area contributed by atoms with Gasteiger partial charge in [-0.2, -0.15) is 0 Å². The van der Waals surface area contributed by atoms with Crippen LogP contribution in [0, 0.1) is 0 Å². The van der Waals surface area contributed by atoms with E-state index in [9.17, 15) is 4.79 Å².